The number of nitrogens with two attached hydrogens (primary N) is 1. The molecule has 0 unspecified atom stereocenters. The van der Waals surface area contributed by atoms with E-state index in [2.05, 4.69) is 57.0 Å². The predicted molar refractivity (Wildman–Crippen MR) is 153 cm³/mol. The van der Waals surface area contributed by atoms with E-state index in [0.29, 0.717) is 6.54 Å². The van der Waals surface area contributed by atoms with Gasteiger partial charge in [-0.3, -0.25) is 14.6 Å². The van der Waals surface area contributed by atoms with Gasteiger partial charge in [-0.15, -0.1) is 0 Å². The first-order valence-electron chi connectivity index (χ1n) is 13.1. The second-order valence-corrected chi connectivity index (χ2v) is 10.4. The fourth-order valence-corrected chi connectivity index (χ4v) is 5.45. The molecule has 0 aliphatic carbocycles. The Labute approximate surface area is 224 Å². The number of carbonyl (C=O) groups excluding carboxylic acids is 1. The van der Waals surface area contributed by atoms with Crippen LogP contribution in [0.3, 0.4) is 0 Å². The molecule has 0 atom stereocenters. The second-order valence-electron chi connectivity index (χ2n) is 10.0. The van der Waals surface area contributed by atoms with E-state index in [1.807, 2.05) is 30.3 Å². The van der Waals surface area contributed by atoms with Crippen LogP contribution in [0.15, 0.2) is 72.9 Å². The van der Waals surface area contributed by atoms with Crippen molar-refractivity contribution in [2.75, 3.05) is 32.7 Å². The van der Waals surface area contributed by atoms with Gasteiger partial charge in [0.2, 0.25) is 0 Å². The molecule has 5 rings (SSSR count). The van der Waals surface area contributed by atoms with E-state index >= 15 is 0 Å². The number of aromatic nitrogens is 1. The van der Waals surface area contributed by atoms with Gasteiger partial charge in [0.05, 0.1) is 0 Å². The molecule has 6 heteroatoms. The zero-order valence-electron chi connectivity index (χ0n) is 21.5. The van der Waals surface area contributed by atoms with Gasteiger partial charge in [-0.25, -0.2) is 0 Å². The number of carbonyl (C=O) groups is 1. The second kappa shape index (κ2) is 11.6. The number of fused-ring (bicyclic) bond motifs is 1. The largest absolute Gasteiger partial charge is 0.347 e. The van der Waals surface area contributed by atoms with Crippen LogP contribution < -0.4 is 5.73 Å². The van der Waals surface area contributed by atoms with Gasteiger partial charge in [0.25, 0.3) is 0 Å². The Kier molecular flexibility index (Phi) is 8.06. The lowest BCUT2D eigenvalue weighted by atomic mass is 10.00. The Balaban J connectivity index is 1.34. The van der Waals surface area contributed by atoms with Gasteiger partial charge in [0, 0.05) is 79.1 Å². The van der Waals surface area contributed by atoms with Crippen molar-refractivity contribution < 1.29 is 4.79 Å². The van der Waals surface area contributed by atoms with Gasteiger partial charge in [0.15, 0.2) is 5.78 Å². The van der Waals surface area contributed by atoms with Gasteiger partial charge < -0.3 is 10.3 Å². The molecule has 2 N–H and O–H groups in total. The minimum atomic E-state index is 0.0862. The molecule has 1 saturated heterocycles. The summed E-state index contributed by atoms with van der Waals surface area (Å²) in [7, 11) is 0. The summed E-state index contributed by atoms with van der Waals surface area (Å²) in [4.78, 5) is 17.0. The molecule has 0 spiro atoms. The quantitative estimate of drug-likeness (QED) is 0.285. The van der Waals surface area contributed by atoms with Crippen molar-refractivity contribution in [1.82, 2.24) is 14.4 Å². The van der Waals surface area contributed by atoms with Gasteiger partial charge in [-0.05, 0) is 60.8 Å². The molecular weight excluding hydrogens is 480 g/mol. The molecule has 4 aromatic rings. The SMILES string of the molecule is CC(=O)c1cccc(-c2cn(CCCN)c3ccc(CN4CCN(Cc5ccccc5Cl)CC4)cc23)c1. The van der Waals surface area contributed by atoms with Crippen LogP contribution in [0.4, 0.5) is 0 Å². The van der Waals surface area contributed by atoms with E-state index in [0.717, 1.165) is 68.4 Å². The Bertz CT molecular complexity index is 1390. The van der Waals surface area contributed by atoms with Crippen LogP contribution >= 0.6 is 11.6 Å². The van der Waals surface area contributed by atoms with Crippen molar-refractivity contribution in [3.05, 3.63) is 94.6 Å². The van der Waals surface area contributed by atoms with E-state index < -0.39 is 0 Å². The van der Waals surface area contributed by atoms with E-state index in [-0.39, 0.29) is 5.78 Å². The highest BCUT2D eigenvalue weighted by Gasteiger charge is 2.19. The molecule has 3 aromatic carbocycles. The third-order valence-corrected chi connectivity index (χ3v) is 7.72. The highest BCUT2D eigenvalue weighted by atomic mass is 35.5. The number of benzene rings is 3. The Hall–Kier alpha value is -2.96. The van der Waals surface area contributed by atoms with Crippen molar-refractivity contribution in [3.8, 4) is 11.1 Å². The molecule has 0 bridgehead atoms. The third kappa shape index (κ3) is 5.97. The molecule has 2 heterocycles. The zero-order chi connectivity index (χ0) is 25.8. The molecule has 1 aromatic heterocycles. The first kappa shape index (κ1) is 25.7. The molecule has 37 heavy (non-hydrogen) atoms. The summed E-state index contributed by atoms with van der Waals surface area (Å²) in [6.45, 7) is 9.13. The van der Waals surface area contributed by atoms with Crippen molar-refractivity contribution in [3.63, 3.8) is 0 Å². The lowest BCUT2D eigenvalue weighted by Crippen LogP contribution is -2.45. The van der Waals surface area contributed by atoms with Gasteiger partial charge >= 0.3 is 0 Å². The molecule has 0 saturated carbocycles. The van der Waals surface area contributed by atoms with Crippen LogP contribution in [0, 0.1) is 0 Å². The Morgan fingerprint density at radius 1 is 0.919 bits per heavy atom. The molecule has 1 fully saturated rings. The topological polar surface area (TPSA) is 54.5 Å². The van der Waals surface area contributed by atoms with Crippen LogP contribution in [0.1, 0.15) is 34.8 Å². The molecule has 0 radical (unpaired) electrons. The highest BCUT2D eigenvalue weighted by molar-refractivity contribution is 6.31. The summed E-state index contributed by atoms with van der Waals surface area (Å²) in [5.74, 6) is 0.0862. The summed E-state index contributed by atoms with van der Waals surface area (Å²) in [6.07, 6.45) is 3.15. The summed E-state index contributed by atoms with van der Waals surface area (Å²) in [6, 6.07) is 22.9. The molecule has 1 aliphatic heterocycles. The minimum Gasteiger partial charge on any atom is -0.347 e. The summed E-state index contributed by atoms with van der Waals surface area (Å²) >= 11 is 6.38. The Morgan fingerprint density at radius 3 is 2.41 bits per heavy atom. The minimum absolute atomic E-state index is 0.0862. The van der Waals surface area contributed by atoms with Crippen LogP contribution in [-0.2, 0) is 19.6 Å². The van der Waals surface area contributed by atoms with E-state index in [9.17, 15) is 4.79 Å². The lowest BCUT2D eigenvalue weighted by Gasteiger charge is -2.35. The molecule has 192 valence electrons. The summed E-state index contributed by atoms with van der Waals surface area (Å²) in [5, 5.41) is 2.08. The number of hydrogen-bond acceptors (Lipinski definition) is 4. The fourth-order valence-electron chi connectivity index (χ4n) is 5.26. The highest BCUT2D eigenvalue weighted by Crippen LogP contribution is 2.33. The maximum Gasteiger partial charge on any atom is 0.159 e. The van der Waals surface area contributed by atoms with Crippen LogP contribution in [0.25, 0.3) is 22.0 Å². The Morgan fingerprint density at radius 2 is 1.68 bits per heavy atom. The lowest BCUT2D eigenvalue weighted by molar-refractivity contribution is 0.101. The van der Waals surface area contributed by atoms with Gasteiger partial charge in [-0.1, -0.05) is 54.1 Å². The van der Waals surface area contributed by atoms with Crippen LogP contribution in [-0.4, -0.2) is 52.9 Å². The average molecular weight is 515 g/mol. The molecular formula is C31H35ClN4O. The predicted octanol–water partition coefficient (Wildman–Crippen LogP) is 5.83. The number of aryl methyl sites for hydroxylation is 1. The van der Waals surface area contributed by atoms with Gasteiger partial charge in [0.1, 0.15) is 0 Å². The normalized spacial score (nSPS) is 14.9. The van der Waals surface area contributed by atoms with Crippen molar-refractivity contribution >= 4 is 28.3 Å². The third-order valence-electron chi connectivity index (χ3n) is 7.35. The maximum atomic E-state index is 12.0. The molecule has 1 aliphatic rings. The number of piperazine rings is 1. The van der Waals surface area contributed by atoms with Gasteiger partial charge in [-0.2, -0.15) is 0 Å². The zero-order valence-corrected chi connectivity index (χ0v) is 22.3. The fraction of sp³-hybridized carbons (Fsp3) is 0.323. The summed E-state index contributed by atoms with van der Waals surface area (Å²) < 4.78 is 2.30. The van der Waals surface area contributed by atoms with Crippen molar-refractivity contribution in [2.24, 2.45) is 5.73 Å². The monoisotopic (exact) mass is 514 g/mol. The van der Waals surface area contributed by atoms with Crippen molar-refractivity contribution in [2.45, 2.75) is 33.0 Å². The van der Waals surface area contributed by atoms with Crippen LogP contribution in [0.2, 0.25) is 5.02 Å². The van der Waals surface area contributed by atoms with Crippen LogP contribution in [0.5, 0.6) is 0 Å². The number of halogens is 1. The van der Waals surface area contributed by atoms with E-state index in [4.69, 9.17) is 17.3 Å². The number of ketones is 1. The standard InChI is InChI=1S/C31H35ClN4O/c1-23(37)25-7-4-8-26(19-25)29-22-36(13-5-12-33)31-11-10-24(18-28(29)31)20-34-14-16-35(17-15-34)21-27-6-2-3-9-30(27)32/h2-4,6-11,18-19,22H,5,12-17,20-21,33H2,1H3. The van der Waals surface area contributed by atoms with E-state index in [1.165, 1.54) is 27.6 Å². The maximum absolute atomic E-state index is 12.0. The number of Topliss-reactive ketones (excluding diaryl/α,β-unsaturated/α-hetero) is 1. The number of rotatable bonds is 9. The molecule has 5 nitrogen and oxygen atoms in total. The smallest absolute Gasteiger partial charge is 0.159 e. The first-order chi connectivity index (χ1) is 18.0. The van der Waals surface area contributed by atoms with E-state index in [1.54, 1.807) is 6.92 Å². The molecule has 0 amide bonds. The van der Waals surface area contributed by atoms with Crippen molar-refractivity contribution in [1.29, 1.82) is 0 Å². The average Bonchev–Trinajstić information content (AvgIpc) is 3.27. The first-order valence-corrected chi connectivity index (χ1v) is 13.5. The number of hydrogen-bond donors (Lipinski definition) is 1. The number of nitrogens with zero attached hydrogens (tertiary/aromatic N) is 3. The summed E-state index contributed by atoms with van der Waals surface area (Å²) in [5.41, 5.74) is 12.5.